The van der Waals surface area contributed by atoms with Gasteiger partial charge in [-0.15, -0.1) is 0 Å². The summed E-state index contributed by atoms with van der Waals surface area (Å²) in [7, 11) is 3.31. The maximum absolute atomic E-state index is 5.45. The van der Waals surface area contributed by atoms with Gasteiger partial charge in [-0.3, -0.25) is 0 Å². The number of benzene rings is 2. The first kappa shape index (κ1) is 16.4. The van der Waals surface area contributed by atoms with E-state index in [1.807, 2.05) is 24.3 Å². The molecule has 4 heteroatoms. The van der Waals surface area contributed by atoms with Crippen molar-refractivity contribution < 1.29 is 9.47 Å². The Labute approximate surface area is 143 Å². The van der Waals surface area contributed by atoms with Crippen LogP contribution in [-0.4, -0.2) is 23.8 Å². The van der Waals surface area contributed by atoms with Crippen molar-refractivity contribution in [2.24, 2.45) is 5.92 Å². The van der Waals surface area contributed by atoms with Crippen LogP contribution in [0.3, 0.4) is 0 Å². The molecule has 4 nitrogen and oxygen atoms in total. The van der Waals surface area contributed by atoms with E-state index in [4.69, 9.17) is 14.5 Å². The fourth-order valence-corrected chi connectivity index (χ4v) is 2.90. The summed E-state index contributed by atoms with van der Waals surface area (Å²) in [6, 6.07) is 14.3. The standard InChI is InChI=1S/C20H24N2O2/c1-5-14(2)13-22-17-9-7-6-8-16(17)21-20(22)15-10-11-18(23-3)19(12-15)24-4/h6-12,14H,5,13H2,1-4H3. The van der Waals surface area contributed by atoms with Gasteiger partial charge in [0, 0.05) is 12.1 Å². The zero-order chi connectivity index (χ0) is 17.1. The number of hydrogen-bond acceptors (Lipinski definition) is 3. The highest BCUT2D eigenvalue weighted by atomic mass is 16.5. The first-order chi connectivity index (χ1) is 11.7. The number of hydrogen-bond donors (Lipinski definition) is 0. The third kappa shape index (κ3) is 2.96. The van der Waals surface area contributed by atoms with Crippen LogP contribution in [-0.2, 0) is 6.54 Å². The summed E-state index contributed by atoms with van der Waals surface area (Å²) in [5.41, 5.74) is 3.22. The molecule has 3 aromatic rings. The number of imidazole rings is 1. The van der Waals surface area contributed by atoms with Crippen molar-refractivity contribution in [1.82, 2.24) is 9.55 Å². The molecule has 0 spiro atoms. The highest BCUT2D eigenvalue weighted by Crippen LogP contribution is 2.33. The molecule has 0 saturated carbocycles. The molecule has 0 bridgehead atoms. The van der Waals surface area contributed by atoms with E-state index < -0.39 is 0 Å². The highest BCUT2D eigenvalue weighted by Gasteiger charge is 2.16. The van der Waals surface area contributed by atoms with Gasteiger partial charge >= 0.3 is 0 Å². The Kier molecular flexibility index (Phi) is 4.74. The van der Waals surface area contributed by atoms with E-state index in [0.717, 1.165) is 41.4 Å². The summed E-state index contributed by atoms with van der Waals surface area (Å²) >= 11 is 0. The highest BCUT2D eigenvalue weighted by molar-refractivity contribution is 5.81. The molecule has 1 heterocycles. The predicted molar refractivity (Wildman–Crippen MR) is 97.7 cm³/mol. The summed E-state index contributed by atoms with van der Waals surface area (Å²) in [6.07, 6.45) is 1.14. The molecule has 3 rings (SSSR count). The van der Waals surface area contributed by atoms with Crippen LogP contribution in [0.5, 0.6) is 11.5 Å². The van der Waals surface area contributed by atoms with E-state index >= 15 is 0 Å². The minimum Gasteiger partial charge on any atom is -0.493 e. The maximum atomic E-state index is 5.45. The molecular weight excluding hydrogens is 300 g/mol. The van der Waals surface area contributed by atoms with E-state index in [9.17, 15) is 0 Å². The van der Waals surface area contributed by atoms with Crippen LogP contribution >= 0.6 is 0 Å². The van der Waals surface area contributed by atoms with Gasteiger partial charge in [-0.2, -0.15) is 0 Å². The van der Waals surface area contributed by atoms with Crippen LogP contribution in [0.1, 0.15) is 20.3 Å². The van der Waals surface area contributed by atoms with Crippen molar-refractivity contribution in [1.29, 1.82) is 0 Å². The first-order valence-electron chi connectivity index (χ1n) is 8.35. The lowest BCUT2D eigenvalue weighted by Gasteiger charge is -2.15. The number of nitrogens with zero attached hydrogens (tertiary/aromatic N) is 2. The molecule has 1 aromatic heterocycles. The Morgan fingerprint density at radius 1 is 1.04 bits per heavy atom. The van der Waals surface area contributed by atoms with Crippen LogP contribution in [0, 0.1) is 5.92 Å². The molecule has 0 aliphatic rings. The fraction of sp³-hybridized carbons (Fsp3) is 0.350. The quantitative estimate of drug-likeness (QED) is 0.655. The van der Waals surface area contributed by atoms with Gasteiger partial charge in [0.2, 0.25) is 0 Å². The molecule has 1 unspecified atom stereocenters. The zero-order valence-corrected chi connectivity index (χ0v) is 14.7. The van der Waals surface area contributed by atoms with Crippen molar-refractivity contribution in [2.45, 2.75) is 26.8 Å². The van der Waals surface area contributed by atoms with Gasteiger partial charge in [-0.25, -0.2) is 4.98 Å². The Balaban J connectivity index is 2.16. The second-order valence-corrected chi connectivity index (χ2v) is 6.12. The predicted octanol–water partition coefficient (Wildman–Crippen LogP) is 4.77. The molecule has 0 aliphatic carbocycles. The molecule has 1 atom stereocenters. The normalized spacial score (nSPS) is 12.3. The molecule has 0 N–H and O–H groups in total. The van der Waals surface area contributed by atoms with Gasteiger partial charge in [-0.1, -0.05) is 32.4 Å². The van der Waals surface area contributed by atoms with E-state index in [-0.39, 0.29) is 0 Å². The second kappa shape index (κ2) is 6.95. The molecule has 2 aromatic carbocycles. The number of fused-ring (bicyclic) bond motifs is 1. The average molecular weight is 324 g/mol. The van der Waals surface area contributed by atoms with Crippen LogP contribution < -0.4 is 9.47 Å². The number of methoxy groups -OCH3 is 2. The smallest absolute Gasteiger partial charge is 0.161 e. The van der Waals surface area contributed by atoms with Crippen molar-refractivity contribution in [3.8, 4) is 22.9 Å². The summed E-state index contributed by atoms with van der Waals surface area (Å²) in [6.45, 7) is 5.44. The topological polar surface area (TPSA) is 36.3 Å². The van der Waals surface area contributed by atoms with Gasteiger partial charge in [0.05, 0.1) is 25.3 Å². The SMILES string of the molecule is CCC(C)Cn1c(-c2ccc(OC)c(OC)c2)nc2ccccc21. The molecule has 0 radical (unpaired) electrons. The van der Waals surface area contributed by atoms with Crippen molar-refractivity contribution in [3.63, 3.8) is 0 Å². The summed E-state index contributed by atoms with van der Waals surface area (Å²) in [4.78, 5) is 4.87. The fourth-order valence-electron chi connectivity index (χ4n) is 2.90. The lowest BCUT2D eigenvalue weighted by molar-refractivity contribution is 0.355. The number of aromatic nitrogens is 2. The molecule has 0 saturated heterocycles. The van der Waals surface area contributed by atoms with Crippen LogP contribution in [0.15, 0.2) is 42.5 Å². The molecular formula is C20H24N2O2. The lowest BCUT2D eigenvalue weighted by atomic mass is 10.1. The largest absolute Gasteiger partial charge is 0.493 e. The second-order valence-electron chi connectivity index (χ2n) is 6.12. The lowest BCUT2D eigenvalue weighted by Crippen LogP contribution is -2.08. The van der Waals surface area contributed by atoms with Crippen LogP contribution in [0.4, 0.5) is 0 Å². The molecule has 24 heavy (non-hydrogen) atoms. The molecule has 126 valence electrons. The monoisotopic (exact) mass is 324 g/mol. The maximum Gasteiger partial charge on any atom is 0.161 e. The number of para-hydroxylation sites is 2. The van der Waals surface area contributed by atoms with E-state index in [2.05, 4.69) is 36.6 Å². The Morgan fingerprint density at radius 2 is 1.79 bits per heavy atom. The average Bonchev–Trinajstić information content (AvgIpc) is 2.99. The third-order valence-corrected chi connectivity index (χ3v) is 4.49. The van der Waals surface area contributed by atoms with Crippen molar-refractivity contribution in [2.75, 3.05) is 14.2 Å². The van der Waals surface area contributed by atoms with Gasteiger partial charge in [0.15, 0.2) is 11.5 Å². The third-order valence-electron chi connectivity index (χ3n) is 4.49. The van der Waals surface area contributed by atoms with Crippen molar-refractivity contribution >= 4 is 11.0 Å². The van der Waals surface area contributed by atoms with E-state index in [0.29, 0.717) is 5.92 Å². The zero-order valence-electron chi connectivity index (χ0n) is 14.7. The minimum absolute atomic E-state index is 0.585. The Hall–Kier alpha value is -2.49. The van der Waals surface area contributed by atoms with Gasteiger partial charge in [0.25, 0.3) is 0 Å². The van der Waals surface area contributed by atoms with Gasteiger partial charge in [0.1, 0.15) is 5.82 Å². The van der Waals surface area contributed by atoms with Crippen LogP contribution in [0.2, 0.25) is 0 Å². The minimum atomic E-state index is 0.585. The van der Waals surface area contributed by atoms with Crippen LogP contribution in [0.25, 0.3) is 22.4 Å². The van der Waals surface area contributed by atoms with Gasteiger partial charge < -0.3 is 14.0 Å². The number of ether oxygens (including phenoxy) is 2. The van der Waals surface area contributed by atoms with Crippen molar-refractivity contribution in [3.05, 3.63) is 42.5 Å². The number of rotatable bonds is 6. The van der Waals surface area contributed by atoms with Gasteiger partial charge in [-0.05, 0) is 36.2 Å². The summed E-state index contributed by atoms with van der Waals surface area (Å²) in [5.74, 6) is 3.00. The summed E-state index contributed by atoms with van der Waals surface area (Å²) in [5, 5.41) is 0. The Bertz CT molecular complexity index is 839. The summed E-state index contributed by atoms with van der Waals surface area (Å²) < 4.78 is 13.1. The van der Waals surface area contributed by atoms with E-state index in [1.165, 1.54) is 5.52 Å². The molecule has 0 fully saturated rings. The van der Waals surface area contributed by atoms with E-state index in [1.54, 1.807) is 14.2 Å². The Morgan fingerprint density at radius 3 is 2.50 bits per heavy atom. The molecule has 0 aliphatic heterocycles. The molecule has 0 amide bonds. The first-order valence-corrected chi connectivity index (χ1v) is 8.35.